The molecule has 64 valence electrons. The second kappa shape index (κ2) is 3.11. The van der Waals surface area contributed by atoms with Crippen molar-refractivity contribution in [2.45, 2.75) is 38.3 Å². The van der Waals surface area contributed by atoms with Crippen molar-refractivity contribution in [2.75, 3.05) is 13.1 Å². The Hall–Kier alpha value is -0.0800. The van der Waals surface area contributed by atoms with Crippen molar-refractivity contribution >= 4 is 0 Å². The van der Waals surface area contributed by atoms with Crippen LogP contribution in [0.1, 0.15) is 26.2 Å². The number of hydrogen-bond donors (Lipinski definition) is 2. The van der Waals surface area contributed by atoms with Crippen molar-refractivity contribution in [3.63, 3.8) is 0 Å². The molecule has 0 aromatic rings. The highest BCUT2D eigenvalue weighted by molar-refractivity contribution is 4.88. The van der Waals surface area contributed by atoms with Crippen molar-refractivity contribution < 1.29 is 0 Å². The molecule has 11 heavy (non-hydrogen) atoms. The summed E-state index contributed by atoms with van der Waals surface area (Å²) < 4.78 is 0. The molecule has 2 fully saturated rings. The molecule has 0 amide bonds. The third kappa shape index (κ3) is 1.94. The van der Waals surface area contributed by atoms with Gasteiger partial charge in [0.05, 0.1) is 0 Å². The second-order valence-electron chi connectivity index (χ2n) is 3.98. The van der Waals surface area contributed by atoms with E-state index in [4.69, 9.17) is 0 Å². The van der Waals surface area contributed by atoms with Gasteiger partial charge in [-0.3, -0.25) is 0 Å². The standard InChI is InChI=1S/C9H18N2/c1-7(11-9-2-3-9)8-4-5-10-6-8/h7-11H,2-6H2,1H3/t7?,8-/m0/s1. The number of hydrogen-bond acceptors (Lipinski definition) is 2. The van der Waals surface area contributed by atoms with Crippen molar-refractivity contribution in [2.24, 2.45) is 5.92 Å². The highest BCUT2D eigenvalue weighted by atomic mass is 15.0. The maximum absolute atomic E-state index is 3.66. The van der Waals surface area contributed by atoms with Gasteiger partial charge in [-0.1, -0.05) is 0 Å². The Morgan fingerprint density at radius 3 is 2.73 bits per heavy atom. The highest BCUT2D eigenvalue weighted by Gasteiger charge is 2.27. The average molecular weight is 154 g/mol. The molecule has 0 radical (unpaired) electrons. The second-order valence-corrected chi connectivity index (χ2v) is 3.98. The molecule has 0 aromatic carbocycles. The van der Waals surface area contributed by atoms with E-state index in [1.807, 2.05) is 0 Å². The Labute approximate surface area is 68.7 Å². The van der Waals surface area contributed by atoms with Gasteiger partial charge in [-0.2, -0.15) is 0 Å². The SMILES string of the molecule is CC(NC1CC1)[C@H]1CCNC1. The van der Waals surface area contributed by atoms with Gasteiger partial charge in [-0.25, -0.2) is 0 Å². The van der Waals surface area contributed by atoms with Crippen molar-refractivity contribution in [3.8, 4) is 0 Å². The van der Waals surface area contributed by atoms with E-state index in [0.29, 0.717) is 0 Å². The molecule has 1 saturated heterocycles. The molecule has 1 saturated carbocycles. The predicted molar refractivity (Wildman–Crippen MR) is 46.6 cm³/mol. The van der Waals surface area contributed by atoms with E-state index >= 15 is 0 Å². The van der Waals surface area contributed by atoms with Crippen LogP contribution in [0.4, 0.5) is 0 Å². The first kappa shape index (κ1) is 7.56. The minimum absolute atomic E-state index is 0.734. The Bertz CT molecular complexity index is 126. The van der Waals surface area contributed by atoms with Crippen LogP contribution in [0.5, 0.6) is 0 Å². The molecule has 1 aliphatic carbocycles. The van der Waals surface area contributed by atoms with Gasteiger partial charge in [0.15, 0.2) is 0 Å². The van der Waals surface area contributed by atoms with Gasteiger partial charge >= 0.3 is 0 Å². The Morgan fingerprint density at radius 1 is 1.36 bits per heavy atom. The molecule has 2 aliphatic rings. The van der Waals surface area contributed by atoms with Gasteiger partial charge in [-0.15, -0.1) is 0 Å². The zero-order valence-corrected chi connectivity index (χ0v) is 7.27. The lowest BCUT2D eigenvalue weighted by Gasteiger charge is -2.19. The largest absolute Gasteiger partial charge is 0.316 e. The molecule has 0 spiro atoms. The van der Waals surface area contributed by atoms with Gasteiger partial charge in [-0.05, 0) is 45.2 Å². The topological polar surface area (TPSA) is 24.1 Å². The monoisotopic (exact) mass is 154 g/mol. The van der Waals surface area contributed by atoms with Crippen LogP contribution in [0.2, 0.25) is 0 Å². The summed E-state index contributed by atoms with van der Waals surface area (Å²) in [7, 11) is 0. The maximum atomic E-state index is 3.66. The van der Waals surface area contributed by atoms with E-state index in [9.17, 15) is 0 Å². The molecule has 0 aromatic heterocycles. The molecule has 2 nitrogen and oxygen atoms in total. The summed E-state index contributed by atoms with van der Waals surface area (Å²) in [5.41, 5.74) is 0. The predicted octanol–water partition coefficient (Wildman–Crippen LogP) is 0.736. The number of nitrogens with one attached hydrogen (secondary N) is 2. The van der Waals surface area contributed by atoms with Crippen molar-refractivity contribution in [1.29, 1.82) is 0 Å². The lowest BCUT2D eigenvalue weighted by atomic mass is 10.0. The van der Waals surface area contributed by atoms with Gasteiger partial charge in [0.1, 0.15) is 0 Å². The van der Waals surface area contributed by atoms with Crippen LogP contribution in [0.25, 0.3) is 0 Å². The molecule has 2 N–H and O–H groups in total. The van der Waals surface area contributed by atoms with Crippen LogP contribution in [0.15, 0.2) is 0 Å². The van der Waals surface area contributed by atoms with Gasteiger partial charge in [0, 0.05) is 12.1 Å². The molecule has 2 rings (SSSR count). The number of rotatable bonds is 3. The summed E-state index contributed by atoms with van der Waals surface area (Å²) in [6.07, 6.45) is 4.18. The maximum Gasteiger partial charge on any atom is 0.00821 e. The van der Waals surface area contributed by atoms with Crippen LogP contribution in [-0.4, -0.2) is 25.2 Å². The first-order valence-electron chi connectivity index (χ1n) is 4.83. The average Bonchev–Trinajstić information content (AvgIpc) is 2.67. The molecule has 1 heterocycles. The van der Waals surface area contributed by atoms with Crippen molar-refractivity contribution in [1.82, 2.24) is 10.6 Å². The summed E-state index contributed by atoms with van der Waals surface area (Å²) in [6.45, 7) is 4.78. The molecule has 1 aliphatic heterocycles. The van der Waals surface area contributed by atoms with Gasteiger partial charge in [0.25, 0.3) is 0 Å². The molecular formula is C9H18N2. The molecular weight excluding hydrogens is 136 g/mol. The van der Waals surface area contributed by atoms with Crippen LogP contribution < -0.4 is 10.6 Å². The van der Waals surface area contributed by atoms with E-state index in [0.717, 1.165) is 18.0 Å². The lowest BCUT2D eigenvalue weighted by Crippen LogP contribution is -2.35. The highest BCUT2D eigenvalue weighted by Crippen LogP contribution is 2.22. The Balaban J connectivity index is 1.73. The van der Waals surface area contributed by atoms with Crippen LogP contribution in [0.3, 0.4) is 0 Å². The van der Waals surface area contributed by atoms with E-state index in [1.54, 1.807) is 0 Å². The zero-order chi connectivity index (χ0) is 7.68. The zero-order valence-electron chi connectivity index (χ0n) is 7.27. The molecule has 0 bridgehead atoms. The Kier molecular flexibility index (Phi) is 2.14. The summed E-state index contributed by atoms with van der Waals surface area (Å²) in [5.74, 6) is 0.885. The minimum atomic E-state index is 0.734. The van der Waals surface area contributed by atoms with Gasteiger partial charge in [0.2, 0.25) is 0 Å². The summed E-state index contributed by atoms with van der Waals surface area (Å²) in [6, 6.07) is 1.60. The molecule has 2 heteroatoms. The van der Waals surface area contributed by atoms with E-state index in [-0.39, 0.29) is 0 Å². The Morgan fingerprint density at radius 2 is 2.18 bits per heavy atom. The first-order chi connectivity index (χ1) is 5.36. The summed E-state index contributed by atoms with van der Waals surface area (Å²) in [5, 5.41) is 7.06. The summed E-state index contributed by atoms with van der Waals surface area (Å²) >= 11 is 0. The third-order valence-corrected chi connectivity index (χ3v) is 2.88. The normalized spacial score (nSPS) is 34.1. The van der Waals surface area contributed by atoms with E-state index < -0.39 is 0 Å². The van der Waals surface area contributed by atoms with Crippen LogP contribution in [0, 0.1) is 5.92 Å². The van der Waals surface area contributed by atoms with Crippen LogP contribution in [-0.2, 0) is 0 Å². The van der Waals surface area contributed by atoms with Gasteiger partial charge < -0.3 is 10.6 Å². The minimum Gasteiger partial charge on any atom is -0.316 e. The molecule has 2 atom stereocenters. The first-order valence-corrected chi connectivity index (χ1v) is 4.83. The summed E-state index contributed by atoms with van der Waals surface area (Å²) in [4.78, 5) is 0. The smallest absolute Gasteiger partial charge is 0.00821 e. The fraction of sp³-hybridized carbons (Fsp3) is 1.00. The van der Waals surface area contributed by atoms with E-state index in [1.165, 1.54) is 32.4 Å². The van der Waals surface area contributed by atoms with Crippen LogP contribution >= 0.6 is 0 Å². The fourth-order valence-corrected chi connectivity index (χ4v) is 1.86. The quantitative estimate of drug-likeness (QED) is 0.626. The van der Waals surface area contributed by atoms with Crippen molar-refractivity contribution in [3.05, 3.63) is 0 Å². The van der Waals surface area contributed by atoms with E-state index in [2.05, 4.69) is 17.6 Å². The molecule has 1 unspecified atom stereocenters. The fourth-order valence-electron chi connectivity index (χ4n) is 1.86. The third-order valence-electron chi connectivity index (χ3n) is 2.88. The lowest BCUT2D eigenvalue weighted by molar-refractivity contribution is 0.397.